The Morgan fingerprint density at radius 1 is 1.44 bits per heavy atom. The molecule has 1 N–H and O–H groups in total. The quantitative estimate of drug-likeness (QED) is 0.452. The molecule has 0 heterocycles. The van der Waals surface area contributed by atoms with Crippen molar-refractivity contribution in [1.82, 2.24) is 0 Å². The molecule has 0 rings (SSSR count). The fourth-order valence-corrected chi connectivity index (χ4v) is 2.15. The summed E-state index contributed by atoms with van der Waals surface area (Å²) < 4.78 is 5.95. The Morgan fingerprint density at radius 2 is 1.94 bits per heavy atom. The Balaban J connectivity index is 4.04. The first kappa shape index (κ1) is 16.2. The summed E-state index contributed by atoms with van der Waals surface area (Å²) in [6.45, 7) is 15.1. The number of halogens is 1. The lowest BCUT2D eigenvalue weighted by Gasteiger charge is -2.36. The molecule has 0 aliphatic rings. The van der Waals surface area contributed by atoms with Crippen molar-refractivity contribution >= 4 is 19.9 Å². The normalized spacial score (nSPS) is 16.9. The maximum absolute atomic E-state index is 9.65. The Morgan fingerprint density at radius 3 is 2.31 bits per heavy atom. The van der Waals surface area contributed by atoms with E-state index in [0.29, 0.717) is 13.0 Å². The predicted octanol–water partition coefficient (Wildman–Crippen LogP) is 3.55. The molecule has 4 heteroatoms. The second kappa shape index (κ2) is 6.19. The van der Waals surface area contributed by atoms with E-state index in [2.05, 4.69) is 40.4 Å². The van der Waals surface area contributed by atoms with Crippen LogP contribution in [0.2, 0.25) is 18.1 Å². The monoisotopic (exact) mass is 264 g/mol. The third-order valence-corrected chi connectivity index (χ3v) is 8.28. The Labute approximate surface area is 106 Å². The third-order valence-electron chi connectivity index (χ3n) is 3.28. The molecule has 0 radical (unpaired) electrons. The smallest absolute Gasteiger partial charge is 0.191 e. The van der Waals surface area contributed by atoms with Crippen LogP contribution in [0, 0.1) is 0 Å². The van der Waals surface area contributed by atoms with Crippen LogP contribution >= 0.6 is 11.6 Å². The van der Waals surface area contributed by atoms with E-state index in [0.717, 1.165) is 0 Å². The maximum Gasteiger partial charge on any atom is 0.191 e. The Bertz CT molecular complexity index is 224. The average molecular weight is 265 g/mol. The molecule has 0 aromatic rings. The fraction of sp³-hybridized carbons (Fsp3) is 0.833. The van der Waals surface area contributed by atoms with E-state index >= 15 is 0 Å². The van der Waals surface area contributed by atoms with Crippen LogP contribution in [0.3, 0.4) is 0 Å². The van der Waals surface area contributed by atoms with Gasteiger partial charge in [0.2, 0.25) is 0 Å². The summed E-state index contributed by atoms with van der Waals surface area (Å²) in [5.41, 5.74) is 0. The highest BCUT2D eigenvalue weighted by Gasteiger charge is 2.37. The first-order valence-corrected chi connectivity index (χ1v) is 9.05. The van der Waals surface area contributed by atoms with Gasteiger partial charge in [-0.05, 0) is 24.6 Å². The van der Waals surface area contributed by atoms with E-state index in [1.165, 1.54) is 0 Å². The van der Waals surface area contributed by atoms with Crippen molar-refractivity contribution in [2.45, 2.75) is 56.8 Å². The number of hydrogen-bond acceptors (Lipinski definition) is 2. The zero-order valence-electron chi connectivity index (χ0n) is 11.1. The van der Waals surface area contributed by atoms with Crippen LogP contribution in [0.5, 0.6) is 0 Å². The van der Waals surface area contributed by atoms with Crippen LogP contribution in [-0.2, 0) is 4.43 Å². The Kier molecular flexibility index (Phi) is 6.26. The summed E-state index contributed by atoms with van der Waals surface area (Å²) in [6, 6.07) is 0. The van der Waals surface area contributed by atoms with Gasteiger partial charge >= 0.3 is 0 Å². The fourth-order valence-electron chi connectivity index (χ4n) is 0.968. The molecule has 0 saturated carbocycles. The minimum Gasteiger partial charge on any atom is -0.417 e. The van der Waals surface area contributed by atoms with Crippen LogP contribution in [0.4, 0.5) is 0 Å². The highest BCUT2D eigenvalue weighted by molar-refractivity contribution is 6.74. The van der Waals surface area contributed by atoms with Crippen molar-refractivity contribution in [3.8, 4) is 0 Å². The molecule has 0 aromatic heterocycles. The van der Waals surface area contributed by atoms with E-state index in [9.17, 15) is 5.11 Å². The van der Waals surface area contributed by atoms with Gasteiger partial charge in [0.05, 0.1) is 11.5 Å². The zero-order chi connectivity index (χ0) is 13.0. The lowest BCUT2D eigenvalue weighted by Crippen LogP contribution is -2.41. The summed E-state index contributed by atoms with van der Waals surface area (Å²) in [5, 5.41) is 9.47. The van der Waals surface area contributed by atoms with Crippen LogP contribution in [0.25, 0.3) is 0 Å². The lowest BCUT2D eigenvalue weighted by molar-refractivity contribution is 0.140. The van der Waals surface area contributed by atoms with Gasteiger partial charge in [-0.1, -0.05) is 26.8 Å². The molecule has 0 unspecified atom stereocenters. The van der Waals surface area contributed by atoms with Gasteiger partial charge in [-0.15, -0.1) is 18.2 Å². The molecule has 0 aromatic carbocycles. The molecule has 96 valence electrons. The second-order valence-electron chi connectivity index (χ2n) is 5.64. The first-order valence-electron chi connectivity index (χ1n) is 5.70. The SMILES string of the molecule is C=C[C@@H](Cl)[C@H](O)CCO[Si](C)(C)C(C)(C)C. The number of alkyl halides is 1. The van der Waals surface area contributed by atoms with Crippen LogP contribution in [-0.4, -0.2) is 31.5 Å². The van der Waals surface area contributed by atoms with Crippen molar-refractivity contribution < 1.29 is 9.53 Å². The molecule has 0 spiro atoms. The Hall–Kier alpha value is 0.167. The molecule has 2 nitrogen and oxygen atoms in total. The van der Waals surface area contributed by atoms with E-state index in [1.54, 1.807) is 6.08 Å². The summed E-state index contributed by atoms with van der Waals surface area (Å²) in [5.74, 6) is 0. The molecule has 0 fully saturated rings. The standard InChI is InChI=1S/C12H25ClO2Si/c1-7-10(13)11(14)8-9-15-16(5,6)12(2,3)4/h7,10-11,14H,1,8-9H2,2-6H3/t10-,11-/m1/s1. The topological polar surface area (TPSA) is 29.5 Å². The van der Waals surface area contributed by atoms with Crippen molar-refractivity contribution in [3.63, 3.8) is 0 Å². The largest absolute Gasteiger partial charge is 0.417 e. The van der Waals surface area contributed by atoms with E-state index < -0.39 is 14.4 Å². The highest BCUT2D eigenvalue weighted by Crippen LogP contribution is 2.36. The minimum atomic E-state index is -1.70. The molecule has 2 atom stereocenters. The van der Waals surface area contributed by atoms with E-state index in [1.807, 2.05) is 0 Å². The third kappa shape index (κ3) is 5.00. The molecular weight excluding hydrogens is 240 g/mol. The van der Waals surface area contributed by atoms with Crippen LogP contribution in [0.1, 0.15) is 27.2 Å². The summed E-state index contributed by atoms with van der Waals surface area (Å²) in [4.78, 5) is 0. The van der Waals surface area contributed by atoms with Gasteiger partial charge in [0, 0.05) is 6.61 Å². The first-order chi connectivity index (χ1) is 7.12. The minimum absolute atomic E-state index is 0.205. The molecule has 16 heavy (non-hydrogen) atoms. The molecule has 0 saturated heterocycles. The van der Waals surface area contributed by atoms with Gasteiger partial charge in [-0.25, -0.2) is 0 Å². The predicted molar refractivity (Wildman–Crippen MR) is 73.6 cm³/mol. The maximum atomic E-state index is 9.65. The molecular formula is C12H25ClO2Si. The van der Waals surface area contributed by atoms with Crippen LogP contribution in [0.15, 0.2) is 12.7 Å². The second-order valence-corrected chi connectivity index (χ2v) is 11.0. The highest BCUT2D eigenvalue weighted by atomic mass is 35.5. The number of hydrogen-bond donors (Lipinski definition) is 1. The van der Waals surface area contributed by atoms with Gasteiger partial charge in [0.25, 0.3) is 0 Å². The molecule has 0 aliphatic carbocycles. The zero-order valence-corrected chi connectivity index (χ0v) is 12.8. The number of aliphatic hydroxyl groups excluding tert-OH is 1. The molecule has 0 aliphatic heterocycles. The van der Waals surface area contributed by atoms with Crippen molar-refractivity contribution in [2.24, 2.45) is 0 Å². The van der Waals surface area contributed by atoms with Crippen molar-refractivity contribution in [3.05, 3.63) is 12.7 Å². The van der Waals surface area contributed by atoms with Crippen LogP contribution < -0.4 is 0 Å². The summed E-state index contributed by atoms with van der Waals surface area (Å²) in [7, 11) is -1.70. The average Bonchev–Trinajstić information content (AvgIpc) is 2.14. The lowest BCUT2D eigenvalue weighted by atomic mass is 10.2. The number of rotatable bonds is 6. The van der Waals surface area contributed by atoms with Gasteiger partial charge in [0.15, 0.2) is 8.32 Å². The van der Waals surface area contributed by atoms with Gasteiger partial charge in [-0.2, -0.15) is 0 Å². The molecule has 0 bridgehead atoms. The summed E-state index contributed by atoms with van der Waals surface area (Å²) in [6.07, 6.45) is 1.55. The summed E-state index contributed by atoms with van der Waals surface area (Å²) >= 11 is 5.84. The van der Waals surface area contributed by atoms with E-state index in [-0.39, 0.29) is 10.4 Å². The van der Waals surface area contributed by atoms with Gasteiger partial charge in [0.1, 0.15) is 0 Å². The van der Waals surface area contributed by atoms with Crippen molar-refractivity contribution in [1.29, 1.82) is 0 Å². The van der Waals surface area contributed by atoms with Gasteiger partial charge in [-0.3, -0.25) is 0 Å². The number of aliphatic hydroxyl groups is 1. The molecule has 0 amide bonds. The van der Waals surface area contributed by atoms with Gasteiger partial charge < -0.3 is 9.53 Å². The van der Waals surface area contributed by atoms with E-state index in [4.69, 9.17) is 16.0 Å². The van der Waals surface area contributed by atoms with Crippen molar-refractivity contribution in [2.75, 3.05) is 6.61 Å².